The van der Waals surface area contributed by atoms with Crippen molar-refractivity contribution >= 4 is 21.8 Å². The molecule has 0 radical (unpaired) electrons. The summed E-state index contributed by atoms with van der Waals surface area (Å²) in [6.45, 7) is 1.73. The lowest BCUT2D eigenvalue weighted by Gasteiger charge is -2.04. The van der Waals surface area contributed by atoms with Crippen LogP contribution in [0, 0.1) is 12.7 Å². The third-order valence-corrected chi connectivity index (χ3v) is 3.26. The number of benzene rings is 1. The van der Waals surface area contributed by atoms with Crippen molar-refractivity contribution in [2.45, 2.75) is 13.5 Å². The molecule has 1 aromatic carbocycles. The van der Waals surface area contributed by atoms with E-state index in [1.165, 1.54) is 12.1 Å². The van der Waals surface area contributed by atoms with Crippen LogP contribution in [0.3, 0.4) is 0 Å². The molecule has 2 aromatic rings. The Morgan fingerprint density at radius 2 is 2.25 bits per heavy atom. The van der Waals surface area contributed by atoms with Gasteiger partial charge in [0, 0.05) is 6.07 Å². The van der Waals surface area contributed by atoms with Gasteiger partial charge in [-0.25, -0.2) is 10.2 Å². The minimum absolute atomic E-state index is 0.0831. The lowest BCUT2D eigenvalue weighted by atomic mass is 10.2. The second kappa shape index (κ2) is 6.06. The number of hydrogen-bond donors (Lipinski definition) is 2. The van der Waals surface area contributed by atoms with Crippen molar-refractivity contribution in [3.8, 4) is 5.75 Å². The normalized spacial score (nSPS) is 10.4. The predicted molar refractivity (Wildman–Crippen MR) is 73.5 cm³/mol. The van der Waals surface area contributed by atoms with Gasteiger partial charge in [-0.15, -0.1) is 0 Å². The monoisotopic (exact) mass is 342 g/mol. The van der Waals surface area contributed by atoms with Crippen LogP contribution in [0.1, 0.15) is 21.9 Å². The first-order valence-electron chi connectivity index (χ1n) is 5.69. The van der Waals surface area contributed by atoms with Crippen LogP contribution in [-0.2, 0) is 6.61 Å². The number of nitrogens with one attached hydrogen (secondary N) is 1. The molecule has 1 amide bonds. The van der Waals surface area contributed by atoms with E-state index in [0.29, 0.717) is 27.3 Å². The van der Waals surface area contributed by atoms with Crippen LogP contribution < -0.4 is 16.0 Å². The molecule has 0 atom stereocenters. The molecule has 0 spiro atoms. The summed E-state index contributed by atoms with van der Waals surface area (Å²) in [5, 5.41) is 0. The molecule has 0 bridgehead atoms. The van der Waals surface area contributed by atoms with Crippen molar-refractivity contribution in [2.24, 2.45) is 5.84 Å². The second-order valence-corrected chi connectivity index (χ2v) is 4.87. The lowest BCUT2D eigenvalue weighted by molar-refractivity contribution is 0.0952. The van der Waals surface area contributed by atoms with Gasteiger partial charge in [-0.3, -0.25) is 10.2 Å². The summed E-state index contributed by atoms with van der Waals surface area (Å²) in [6, 6.07) is 5.96. The van der Waals surface area contributed by atoms with E-state index in [4.69, 9.17) is 15.0 Å². The van der Waals surface area contributed by atoms with Crippen LogP contribution in [-0.4, -0.2) is 5.91 Å². The molecule has 1 heterocycles. The number of nitrogens with two attached hydrogens (primary N) is 1. The van der Waals surface area contributed by atoms with Gasteiger partial charge in [-0.1, -0.05) is 0 Å². The van der Waals surface area contributed by atoms with E-state index < -0.39 is 11.7 Å². The van der Waals surface area contributed by atoms with Crippen molar-refractivity contribution in [2.75, 3.05) is 0 Å². The van der Waals surface area contributed by atoms with E-state index in [9.17, 15) is 9.18 Å². The first kappa shape index (κ1) is 14.5. The summed E-state index contributed by atoms with van der Waals surface area (Å²) in [6.07, 6.45) is 0. The third-order valence-electron chi connectivity index (χ3n) is 2.62. The number of ether oxygens (including phenoxy) is 1. The number of carbonyl (C=O) groups excluding carboxylic acids is 1. The number of aryl methyl sites for hydroxylation is 1. The van der Waals surface area contributed by atoms with Crippen LogP contribution in [0.25, 0.3) is 0 Å². The van der Waals surface area contributed by atoms with Gasteiger partial charge in [0.15, 0.2) is 0 Å². The van der Waals surface area contributed by atoms with Crippen LogP contribution in [0.2, 0.25) is 0 Å². The molecule has 3 N–H and O–H groups in total. The Labute approximate surface area is 123 Å². The molecule has 0 fully saturated rings. The van der Waals surface area contributed by atoms with Crippen LogP contribution in [0.15, 0.2) is 33.2 Å². The smallest absolute Gasteiger partial charge is 0.268 e. The number of hydrazine groups is 1. The third kappa shape index (κ3) is 3.17. The van der Waals surface area contributed by atoms with E-state index >= 15 is 0 Å². The minimum atomic E-state index is -0.438. The van der Waals surface area contributed by atoms with Gasteiger partial charge >= 0.3 is 0 Å². The fourth-order valence-electron chi connectivity index (χ4n) is 1.64. The Hall–Kier alpha value is -1.86. The summed E-state index contributed by atoms with van der Waals surface area (Å²) >= 11 is 3.06. The van der Waals surface area contributed by atoms with Crippen molar-refractivity contribution < 1.29 is 18.3 Å². The molecule has 7 heteroatoms. The zero-order valence-corrected chi connectivity index (χ0v) is 12.2. The van der Waals surface area contributed by atoms with E-state index in [0.717, 1.165) is 0 Å². The number of nitrogen functional groups attached to an aromatic ring is 1. The summed E-state index contributed by atoms with van der Waals surface area (Å²) in [5.74, 6) is 5.46. The maximum Gasteiger partial charge on any atom is 0.268 e. The number of rotatable bonds is 4. The Kier molecular flexibility index (Phi) is 4.41. The number of halogens is 2. The molecule has 0 aliphatic rings. The Morgan fingerprint density at radius 1 is 1.50 bits per heavy atom. The first-order valence-corrected chi connectivity index (χ1v) is 6.48. The van der Waals surface area contributed by atoms with Crippen LogP contribution in [0.5, 0.6) is 5.75 Å². The average molecular weight is 343 g/mol. The highest BCUT2D eigenvalue weighted by Crippen LogP contribution is 2.22. The molecule has 106 valence electrons. The summed E-state index contributed by atoms with van der Waals surface area (Å²) in [7, 11) is 0. The maximum absolute atomic E-state index is 13.3. The number of carbonyl (C=O) groups is 1. The minimum Gasteiger partial charge on any atom is -0.486 e. The zero-order chi connectivity index (χ0) is 14.7. The topological polar surface area (TPSA) is 77.5 Å². The van der Waals surface area contributed by atoms with Crippen molar-refractivity contribution in [3.63, 3.8) is 0 Å². The second-order valence-electron chi connectivity index (χ2n) is 4.02. The predicted octanol–water partition coefficient (Wildman–Crippen LogP) is 2.67. The molecule has 0 aliphatic carbocycles. The largest absolute Gasteiger partial charge is 0.486 e. The van der Waals surface area contributed by atoms with Crippen molar-refractivity contribution in [3.05, 3.63) is 51.6 Å². The summed E-state index contributed by atoms with van der Waals surface area (Å²) < 4.78 is 24.4. The van der Waals surface area contributed by atoms with E-state index in [1.807, 2.05) is 5.43 Å². The van der Waals surface area contributed by atoms with Gasteiger partial charge in [-0.05, 0) is 41.1 Å². The molecule has 5 nitrogen and oxygen atoms in total. The maximum atomic E-state index is 13.3. The fourth-order valence-corrected chi connectivity index (χ4v) is 1.89. The molecule has 0 aliphatic heterocycles. The Morgan fingerprint density at radius 3 is 2.90 bits per heavy atom. The highest BCUT2D eigenvalue weighted by molar-refractivity contribution is 9.10. The van der Waals surface area contributed by atoms with Gasteiger partial charge < -0.3 is 9.15 Å². The van der Waals surface area contributed by atoms with E-state index in [2.05, 4.69) is 15.9 Å². The molecule has 1 aromatic heterocycles. The van der Waals surface area contributed by atoms with Crippen LogP contribution in [0.4, 0.5) is 4.39 Å². The summed E-state index contributed by atoms with van der Waals surface area (Å²) in [4.78, 5) is 11.4. The Bertz CT molecular complexity index is 643. The van der Waals surface area contributed by atoms with Gasteiger partial charge in [0.25, 0.3) is 5.91 Å². The highest BCUT2D eigenvalue weighted by Gasteiger charge is 2.14. The van der Waals surface area contributed by atoms with Gasteiger partial charge in [0.1, 0.15) is 29.7 Å². The van der Waals surface area contributed by atoms with Gasteiger partial charge in [-0.2, -0.15) is 0 Å². The molecule has 0 saturated carbocycles. The van der Waals surface area contributed by atoms with E-state index in [1.54, 1.807) is 19.1 Å². The number of furan rings is 1. The first-order chi connectivity index (χ1) is 9.51. The molecule has 0 unspecified atom stereocenters. The number of hydrogen-bond acceptors (Lipinski definition) is 4. The lowest BCUT2D eigenvalue weighted by Crippen LogP contribution is -2.30. The number of amides is 1. The van der Waals surface area contributed by atoms with Crippen molar-refractivity contribution in [1.29, 1.82) is 0 Å². The zero-order valence-electron chi connectivity index (χ0n) is 10.6. The molecular formula is C13H12BrFN2O3. The van der Waals surface area contributed by atoms with Gasteiger partial charge in [0.2, 0.25) is 0 Å². The molecule has 2 rings (SSSR count). The standard InChI is InChI=1S/C13H12BrFN2O3/c1-7-10(13(18)17-16)4-9(20-7)6-19-8-2-3-11(14)12(15)5-8/h2-5H,6,16H2,1H3,(H,17,18). The van der Waals surface area contributed by atoms with Crippen LogP contribution >= 0.6 is 15.9 Å². The van der Waals surface area contributed by atoms with Crippen molar-refractivity contribution in [1.82, 2.24) is 5.43 Å². The molecule has 20 heavy (non-hydrogen) atoms. The highest BCUT2D eigenvalue weighted by atomic mass is 79.9. The summed E-state index contributed by atoms with van der Waals surface area (Å²) in [5.41, 5.74) is 2.37. The SMILES string of the molecule is Cc1oc(COc2ccc(Br)c(F)c2)cc1C(=O)NN. The molecule has 0 saturated heterocycles. The fraction of sp³-hybridized carbons (Fsp3) is 0.154. The quantitative estimate of drug-likeness (QED) is 0.508. The van der Waals surface area contributed by atoms with Gasteiger partial charge in [0.05, 0.1) is 10.0 Å². The Balaban J connectivity index is 2.07. The molecular weight excluding hydrogens is 331 g/mol. The van der Waals surface area contributed by atoms with E-state index in [-0.39, 0.29) is 6.61 Å². The average Bonchev–Trinajstić information content (AvgIpc) is 2.80.